The van der Waals surface area contributed by atoms with Crippen LogP contribution in [-0.2, 0) is 32.0 Å². The highest BCUT2D eigenvalue weighted by Gasteiger charge is 2.72. The molecule has 1 unspecified atom stereocenters. The molecular weight excluding hydrogens is 464 g/mol. The number of phenols is 1. The van der Waals surface area contributed by atoms with E-state index in [0.717, 1.165) is 6.92 Å². The third-order valence-corrected chi connectivity index (χ3v) is 8.40. The van der Waals surface area contributed by atoms with E-state index in [1.165, 1.54) is 6.92 Å². The lowest BCUT2D eigenvalue weighted by Crippen LogP contribution is -2.69. The monoisotopic (exact) mass is 496 g/mol. The van der Waals surface area contributed by atoms with Gasteiger partial charge in [-0.15, -0.1) is 0 Å². The molecule has 0 spiro atoms. The number of benzene rings is 1. The minimum Gasteiger partial charge on any atom is -0.508 e. The van der Waals surface area contributed by atoms with Crippen LogP contribution in [0.25, 0.3) is 5.76 Å². The standard InChI is InChI=1S/C28H32O8/c1-12(2)19-22(32)17(14(4)30)24(34)28(36)25(35)20-23(33)18-16(10-26(20,5)11-27(19,28)6)8-7-15(21(18)31)9-13(3)29/h7-8,12,19,31,33-34,36H,9-11H2,1-6H3/t19?,26-,27-,28+/m1/s1. The summed E-state index contributed by atoms with van der Waals surface area (Å²) in [6.45, 7) is 9.29. The van der Waals surface area contributed by atoms with Crippen LogP contribution >= 0.6 is 0 Å². The first-order valence-electron chi connectivity index (χ1n) is 12.1. The molecule has 0 amide bonds. The van der Waals surface area contributed by atoms with Crippen LogP contribution in [0.15, 0.2) is 29.0 Å². The second-order valence-electron chi connectivity index (χ2n) is 11.4. The minimum absolute atomic E-state index is 0.00401. The maximum atomic E-state index is 14.2. The number of hydrogen-bond acceptors (Lipinski definition) is 8. The number of carbonyl (C=O) groups is 4. The third-order valence-electron chi connectivity index (χ3n) is 8.40. The van der Waals surface area contributed by atoms with Gasteiger partial charge in [-0.05, 0) is 38.2 Å². The molecule has 1 saturated carbocycles. The summed E-state index contributed by atoms with van der Waals surface area (Å²) in [4.78, 5) is 51.6. The first kappa shape index (κ1) is 25.8. The van der Waals surface area contributed by atoms with Gasteiger partial charge in [-0.1, -0.05) is 39.8 Å². The van der Waals surface area contributed by atoms with Crippen LogP contribution in [0.5, 0.6) is 5.75 Å². The van der Waals surface area contributed by atoms with Crippen molar-refractivity contribution in [2.75, 3.05) is 0 Å². The number of aliphatic hydroxyl groups is 3. The normalized spacial score (nSPS) is 31.8. The molecule has 4 atom stereocenters. The summed E-state index contributed by atoms with van der Waals surface area (Å²) in [6, 6.07) is 3.30. The fraction of sp³-hybridized carbons (Fsp3) is 0.500. The molecule has 1 aromatic carbocycles. The van der Waals surface area contributed by atoms with Crippen LogP contribution in [-0.4, -0.2) is 49.2 Å². The number of hydrogen-bond donors (Lipinski definition) is 4. The van der Waals surface area contributed by atoms with Gasteiger partial charge >= 0.3 is 0 Å². The van der Waals surface area contributed by atoms with Gasteiger partial charge in [-0.2, -0.15) is 0 Å². The summed E-state index contributed by atoms with van der Waals surface area (Å²) in [5.41, 5.74) is -5.11. The van der Waals surface area contributed by atoms with E-state index < -0.39 is 56.8 Å². The Balaban J connectivity index is 2.05. The number of aromatic hydroxyl groups is 1. The van der Waals surface area contributed by atoms with Crippen molar-refractivity contribution in [1.29, 1.82) is 0 Å². The molecule has 0 bridgehead atoms. The summed E-state index contributed by atoms with van der Waals surface area (Å²) >= 11 is 0. The molecule has 0 radical (unpaired) electrons. The zero-order valence-corrected chi connectivity index (χ0v) is 21.4. The summed E-state index contributed by atoms with van der Waals surface area (Å²) in [6.07, 6.45) is 0.176. The Hall–Kier alpha value is -3.26. The molecule has 0 aliphatic heterocycles. The number of aliphatic hydroxyl groups excluding tert-OH is 2. The predicted octanol–water partition coefficient (Wildman–Crippen LogP) is 3.32. The third kappa shape index (κ3) is 3.09. The Labute approximate surface area is 209 Å². The molecule has 4 N–H and O–H groups in total. The number of ketones is 4. The summed E-state index contributed by atoms with van der Waals surface area (Å²) in [5, 5.41) is 45.4. The SMILES string of the molecule is CC(=O)Cc1ccc2c(c1O)C(O)=C1C(=O)[C@@]3(O)C(O)=C(C(C)=O)C(=O)C(C(C)C)[C@@]3(C)C[C@@]1(C)C2. The number of carbonyl (C=O) groups excluding carboxylic acids is 4. The van der Waals surface area contributed by atoms with Gasteiger partial charge in [-0.3, -0.25) is 19.2 Å². The van der Waals surface area contributed by atoms with E-state index in [0.29, 0.717) is 5.56 Å². The number of allylic oxidation sites excluding steroid dienone is 1. The summed E-state index contributed by atoms with van der Waals surface area (Å²) < 4.78 is 0. The van der Waals surface area contributed by atoms with E-state index in [1.807, 2.05) is 0 Å². The van der Waals surface area contributed by atoms with Crippen molar-refractivity contribution >= 4 is 28.9 Å². The van der Waals surface area contributed by atoms with Crippen molar-refractivity contribution < 1.29 is 39.6 Å². The topological polar surface area (TPSA) is 149 Å². The van der Waals surface area contributed by atoms with E-state index in [9.17, 15) is 39.6 Å². The molecule has 0 heterocycles. The Morgan fingerprint density at radius 2 is 1.69 bits per heavy atom. The van der Waals surface area contributed by atoms with Crippen molar-refractivity contribution in [1.82, 2.24) is 0 Å². The fourth-order valence-electron chi connectivity index (χ4n) is 7.16. The van der Waals surface area contributed by atoms with Crippen molar-refractivity contribution in [2.45, 2.75) is 66.4 Å². The summed E-state index contributed by atoms with van der Waals surface area (Å²) in [5.74, 6) is -5.77. The van der Waals surface area contributed by atoms with Crippen LogP contribution in [0.1, 0.15) is 64.7 Å². The number of Topliss-reactive ketones (excluding diaryl/α,β-unsaturated/α-hetero) is 4. The number of fused-ring (bicyclic) bond motifs is 3. The zero-order valence-electron chi connectivity index (χ0n) is 21.4. The lowest BCUT2D eigenvalue weighted by atomic mass is 9.43. The highest BCUT2D eigenvalue weighted by Crippen LogP contribution is 2.65. The second kappa shape index (κ2) is 7.87. The minimum atomic E-state index is -2.64. The Kier molecular flexibility index (Phi) is 5.64. The molecule has 3 aliphatic rings. The average molecular weight is 497 g/mol. The summed E-state index contributed by atoms with van der Waals surface area (Å²) in [7, 11) is 0. The zero-order chi connectivity index (χ0) is 27.1. The van der Waals surface area contributed by atoms with Crippen molar-refractivity contribution in [3.05, 3.63) is 45.7 Å². The highest BCUT2D eigenvalue weighted by molar-refractivity contribution is 6.24. The molecule has 0 saturated heterocycles. The van der Waals surface area contributed by atoms with Gasteiger partial charge in [0.25, 0.3) is 0 Å². The van der Waals surface area contributed by atoms with Crippen LogP contribution < -0.4 is 0 Å². The van der Waals surface area contributed by atoms with Gasteiger partial charge in [0.15, 0.2) is 17.2 Å². The second-order valence-corrected chi connectivity index (χ2v) is 11.4. The molecule has 192 valence electrons. The Bertz CT molecular complexity index is 1310. The van der Waals surface area contributed by atoms with Crippen molar-refractivity contribution in [3.63, 3.8) is 0 Å². The van der Waals surface area contributed by atoms with Crippen molar-refractivity contribution in [3.8, 4) is 5.75 Å². The van der Waals surface area contributed by atoms with Gasteiger partial charge in [-0.25, -0.2) is 0 Å². The Morgan fingerprint density at radius 1 is 1.08 bits per heavy atom. The van der Waals surface area contributed by atoms with E-state index in [4.69, 9.17) is 0 Å². The molecule has 4 rings (SSSR count). The lowest BCUT2D eigenvalue weighted by molar-refractivity contribution is -0.178. The van der Waals surface area contributed by atoms with Crippen LogP contribution in [0, 0.1) is 22.7 Å². The van der Waals surface area contributed by atoms with Gasteiger partial charge < -0.3 is 20.4 Å². The van der Waals surface area contributed by atoms with E-state index in [2.05, 4.69) is 0 Å². The molecule has 36 heavy (non-hydrogen) atoms. The average Bonchev–Trinajstić information content (AvgIpc) is 2.72. The van der Waals surface area contributed by atoms with E-state index in [-0.39, 0.29) is 53.4 Å². The molecule has 8 heteroatoms. The Morgan fingerprint density at radius 3 is 2.22 bits per heavy atom. The first-order valence-corrected chi connectivity index (χ1v) is 12.1. The van der Waals surface area contributed by atoms with Gasteiger partial charge in [0, 0.05) is 34.3 Å². The molecule has 8 nitrogen and oxygen atoms in total. The molecular formula is C28H32O8. The fourth-order valence-corrected chi connectivity index (χ4v) is 7.16. The highest BCUT2D eigenvalue weighted by atomic mass is 16.3. The first-order chi connectivity index (χ1) is 16.5. The van der Waals surface area contributed by atoms with E-state index >= 15 is 0 Å². The van der Waals surface area contributed by atoms with Crippen LogP contribution in [0.4, 0.5) is 0 Å². The maximum Gasteiger partial charge on any atom is 0.203 e. The van der Waals surface area contributed by atoms with Gasteiger partial charge in [0.05, 0.1) is 5.56 Å². The maximum absolute atomic E-state index is 14.2. The van der Waals surface area contributed by atoms with Crippen LogP contribution in [0.3, 0.4) is 0 Å². The lowest BCUT2D eigenvalue weighted by Gasteiger charge is -2.59. The van der Waals surface area contributed by atoms with Gasteiger partial charge in [0.2, 0.25) is 5.78 Å². The predicted molar refractivity (Wildman–Crippen MR) is 130 cm³/mol. The molecule has 3 aliphatic carbocycles. The largest absolute Gasteiger partial charge is 0.508 e. The number of phenolic OH excluding ortho intramolecular Hbond substituents is 1. The van der Waals surface area contributed by atoms with Crippen LogP contribution in [0.2, 0.25) is 0 Å². The van der Waals surface area contributed by atoms with Crippen molar-refractivity contribution in [2.24, 2.45) is 22.7 Å². The number of rotatable bonds is 4. The molecule has 1 aromatic rings. The van der Waals surface area contributed by atoms with Gasteiger partial charge in [0.1, 0.15) is 28.6 Å². The quantitative estimate of drug-likeness (QED) is 0.464. The van der Waals surface area contributed by atoms with E-state index in [1.54, 1.807) is 39.8 Å². The smallest absolute Gasteiger partial charge is 0.203 e. The molecule has 1 fully saturated rings. The molecule has 0 aromatic heterocycles.